The molecule has 0 aromatic heterocycles. The van der Waals surface area contributed by atoms with Crippen LogP contribution in [-0.2, 0) is 21.3 Å². The Morgan fingerprint density at radius 2 is 2.26 bits per heavy atom. The molecule has 19 heavy (non-hydrogen) atoms. The van der Waals surface area contributed by atoms with E-state index in [1.165, 1.54) is 6.07 Å². The summed E-state index contributed by atoms with van der Waals surface area (Å²) in [4.78, 5) is 0.0690. The summed E-state index contributed by atoms with van der Waals surface area (Å²) in [6.07, 6.45) is 0.644. The Kier molecular flexibility index (Phi) is 4.17. The second kappa shape index (κ2) is 5.38. The van der Waals surface area contributed by atoms with Gasteiger partial charge in [-0.1, -0.05) is 17.7 Å². The minimum atomic E-state index is -3.66. The van der Waals surface area contributed by atoms with E-state index in [1.54, 1.807) is 12.1 Å². The van der Waals surface area contributed by atoms with Crippen LogP contribution < -0.4 is 10.5 Å². The number of hydrogen-bond acceptors (Lipinski definition) is 4. The van der Waals surface area contributed by atoms with E-state index in [2.05, 4.69) is 4.72 Å². The lowest BCUT2D eigenvalue weighted by Crippen LogP contribution is -2.46. The predicted molar refractivity (Wildman–Crippen MR) is 73.5 cm³/mol. The van der Waals surface area contributed by atoms with Gasteiger partial charge in [-0.2, -0.15) is 0 Å². The number of ether oxygens (including phenoxy) is 1. The summed E-state index contributed by atoms with van der Waals surface area (Å²) in [5.74, 6) is 0. The van der Waals surface area contributed by atoms with Gasteiger partial charge in [-0.25, -0.2) is 13.1 Å². The summed E-state index contributed by atoms with van der Waals surface area (Å²) in [5.41, 5.74) is 5.71. The van der Waals surface area contributed by atoms with Crippen LogP contribution in [0.4, 0.5) is 0 Å². The van der Waals surface area contributed by atoms with Crippen molar-refractivity contribution in [2.24, 2.45) is 5.73 Å². The van der Waals surface area contributed by atoms with E-state index in [-0.39, 0.29) is 9.92 Å². The largest absolute Gasteiger partial charge is 0.379 e. The van der Waals surface area contributed by atoms with Crippen molar-refractivity contribution in [3.05, 3.63) is 28.8 Å². The summed E-state index contributed by atoms with van der Waals surface area (Å²) in [7, 11) is -3.66. The summed E-state index contributed by atoms with van der Waals surface area (Å²) >= 11 is 6.02. The Morgan fingerprint density at radius 1 is 1.53 bits per heavy atom. The highest BCUT2D eigenvalue weighted by atomic mass is 35.5. The van der Waals surface area contributed by atoms with Crippen molar-refractivity contribution in [3.63, 3.8) is 0 Å². The molecule has 1 aromatic rings. The molecule has 1 heterocycles. The number of halogens is 1. The van der Waals surface area contributed by atoms with Gasteiger partial charge in [-0.3, -0.25) is 0 Å². The number of nitrogens with one attached hydrogen (secondary N) is 1. The maximum absolute atomic E-state index is 12.3. The Labute approximate surface area is 118 Å². The molecule has 1 unspecified atom stereocenters. The first kappa shape index (κ1) is 14.7. The van der Waals surface area contributed by atoms with Crippen molar-refractivity contribution < 1.29 is 13.2 Å². The van der Waals surface area contributed by atoms with Gasteiger partial charge < -0.3 is 10.5 Å². The topological polar surface area (TPSA) is 81.4 Å². The molecule has 2 rings (SSSR count). The molecule has 1 aliphatic heterocycles. The van der Waals surface area contributed by atoms with Crippen molar-refractivity contribution in [2.75, 3.05) is 13.2 Å². The molecule has 1 saturated heterocycles. The second-order valence-corrected chi connectivity index (χ2v) is 7.00. The number of benzene rings is 1. The lowest BCUT2D eigenvalue weighted by Gasteiger charge is -2.23. The molecule has 1 fully saturated rings. The first-order chi connectivity index (χ1) is 8.86. The molecule has 0 amide bonds. The molecule has 3 N–H and O–H groups in total. The SMILES string of the molecule is CC1(NS(=O)(=O)c2ccc(CN)cc2Cl)CCOC1. The summed E-state index contributed by atoms with van der Waals surface area (Å²) in [5, 5.41) is 0.179. The van der Waals surface area contributed by atoms with Gasteiger partial charge in [-0.15, -0.1) is 0 Å². The molecule has 0 radical (unpaired) electrons. The fourth-order valence-electron chi connectivity index (χ4n) is 2.02. The first-order valence-corrected chi connectivity index (χ1v) is 7.83. The molecule has 0 saturated carbocycles. The van der Waals surface area contributed by atoms with Crippen LogP contribution >= 0.6 is 11.6 Å². The Bertz CT molecular complexity index is 568. The van der Waals surface area contributed by atoms with E-state index in [1.807, 2.05) is 6.92 Å². The molecule has 1 aliphatic rings. The lowest BCUT2D eigenvalue weighted by molar-refractivity contribution is 0.178. The third kappa shape index (κ3) is 3.27. The van der Waals surface area contributed by atoms with Gasteiger partial charge in [0.1, 0.15) is 4.90 Å². The van der Waals surface area contributed by atoms with Crippen LogP contribution in [0.15, 0.2) is 23.1 Å². The van der Waals surface area contributed by atoms with Crippen LogP contribution in [0.5, 0.6) is 0 Å². The van der Waals surface area contributed by atoms with E-state index in [0.717, 1.165) is 5.56 Å². The molecule has 0 spiro atoms. The van der Waals surface area contributed by atoms with E-state index in [4.69, 9.17) is 22.1 Å². The van der Waals surface area contributed by atoms with Crippen LogP contribution in [0.1, 0.15) is 18.9 Å². The van der Waals surface area contributed by atoms with E-state index >= 15 is 0 Å². The fraction of sp³-hybridized carbons (Fsp3) is 0.500. The average molecular weight is 305 g/mol. The monoisotopic (exact) mass is 304 g/mol. The van der Waals surface area contributed by atoms with Gasteiger partial charge in [0, 0.05) is 13.2 Å². The van der Waals surface area contributed by atoms with Crippen molar-refractivity contribution in [1.29, 1.82) is 0 Å². The molecule has 106 valence electrons. The maximum Gasteiger partial charge on any atom is 0.242 e. The molecular weight excluding hydrogens is 288 g/mol. The highest BCUT2D eigenvalue weighted by Crippen LogP contribution is 2.26. The van der Waals surface area contributed by atoms with Gasteiger partial charge in [0.15, 0.2) is 0 Å². The molecular formula is C12H17ClN2O3S. The van der Waals surface area contributed by atoms with Crippen molar-refractivity contribution in [3.8, 4) is 0 Å². The number of rotatable bonds is 4. The minimum absolute atomic E-state index is 0.0690. The maximum atomic E-state index is 12.3. The predicted octanol–water partition coefficient (Wildman–Crippen LogP) is 1.26. The van der Waals surface area contributed by atoms with E-state index < -0.39 is 15.6 Å². The zero-order chi connectivity index (χ0) is 14.1. The smallest absolute Gasteiger partial charge is 0.242 e. The quantitative estimate of drug-likeness (QED) is 0.877. The van der Waals surface area contributed by atoms with Crippen LogP contribution in [0.25, 0.3) is 0 Å². The Hall–Kier alpha value is -0.660. The Morgan fingerprint density at radius 3 is 2.79 bits per heavy atom. The highest BCUT2D eigenvalue weighted by Gasteiger charge is 2.35. The highest BCUT2D eigenvalue weighted by molar-refractivity contribution is 7.89. The first-order valence-electron chi connectivity index (χ1n) is 5.96. The van der Waals surface area contributed by atoms with Crippen LogP contribution in [-0.4, -0.2) is 27.2 Å². The standard InChI is InChI=1S/C12H17ClN2O3S/c1-12(4-5-18-8-12)15-19(16,17)11-3-2-9(7-14)6-10(11)13/h2-3,6,15H,4-5,7-8,14H2,1H3. The van der Waals surface area contributed by atoms with Crippen LogP contribution in [0.3, 0.4) is 0 Å². The van der Waals surface area contributed by atoms with Crippen LogP contribution in [0, 0.1) is 0 Å². The molecule has 1 aromatic carbocycles. The van der Waals surface area contributed by atoms with Gasteiger partial charge in [0.05, 0.1) is 17.2 Å². The number of hydrogen-bond donors (Lipinski definition) is 2. The zero-order valence-electron chi connectivity index (χ0n) is 10.6. The molecule has 5 nitrogen and oxygen atoms in total. The Balaban J connectivity index is 2.29. The van der Waals surface area contributed by atoms with Gasteiger partial charge >= 0.3 is 0 Å². The molecule has 0 bridgehead atoms. The average Bonchev–Trinajstić information content (AvgIpc) is 2.74. The van der Waals surface area contributed by atoms with Crippen LogP contribution in [0.2, 0.25) is 5.02 Å². The summed E-state index contributed by atoms with van der Waals surface area (Å²) in [6.45, 7) is 3.06. The molecule has 7 heteroatoms. The third-order valence-electron chi connectivity index (χ3n) is 3.12. The number of sulfonamides is 1. The summed E-state index contributed by atoms with van der Waals surface area (Å²) in [6, 6.07) is 4.71. The lowest BCUT2D eigenvalue weighted by atomic mass is 10.0. The van der Waals surface area contributed by atoms with Gasteiger partial charge in [-0.05, 0) is 31.0 Å². The fourth-order valence-corrected chi connectivity index (χ4v) is 4.01. The van der Waals surface area contributed by atoms with E-state index in [0.29, 0.717) is 26.2 Å². The van der Waals surface area contributed by atoms with Crippen molar-refractivity contribution in [1.82, 2.24) is 4.72 Å². The molecule has 0 aliphatic carbocycles. The molecule has 1 atom stereocenters. The summed E-state index contributed by atoms with van der Waals surface area (Å²) < 4.78 is 32.6. The minimum Gasteiger partial charge on any atom is -0.379 e. The van der Waals surface area contributed by atoms with Gasteiger partial charge in [0.2, 0.25) is 10.0 Å². The van der Waals surface area contributed by atoms with Crippen molar-refractivity contribution >= 4 is 21.6 Å². The zero-order valence-corrected chi connectivity index (χ0v) is 12.2. The normalized spacial score (nSPS) is 23.7. The van der Waals surface area contributed by atoms with Gasteiger partial charge in [0.25, 0.3) is 0 Å². The third-order valence-corrected chi connectivity index (χ3v) is 5.24. The van der Waals surface area contributed by atoms with E-state index in [9.17, 15) is 8.42 Å². The number of nitrogens with two attached hydrogens (primary N) is 1. The second-order valence-electron chi connectivity index (χ2n) is 4.94. The van der Waals surface area contributed by atoms with Crippen molar-refractivity contribution in [2.45, 2.75) is 30.3 Å².